The molecule has 6 heteroatoms. The lowest BCUT2D eigenvalue weighted by molar-refractivity contribution is 0.0525. The molecule has 0 saturated heterocycles. The van der Waals surface area contributed by atoms with Crippen LogP contribution in [-0.4, -0.2) is 48.9 Å². The van der Waals surface area contributed by atoms with Gasteiger partial charge in [0.15, 0.2) is 0 Å². The summed E-state index contributed by atoms with van der Waals surface area (Å²) in [5, 5.41) is 10.9. The highest BCUT2D eigenvalue weighted by atomic mass is 35.5. The Morgan fingerprint density at radius 2 is 1.81 bits per heavy atom. The summed E-state index contributed by atoms with van der Waals surface area (Å²) in [5.74, 6) is 0.236. The van der Waals surface area contributed by atoms with Gasteiger partial charge in [0.2, 0.25) is 0 Å². The molecule has 0 spiro atoms. The summed E-state index contributed by atoms with van der Waals surface area (Å²) < 4.78 is 10.5. The topological polar surface area (TPSA) is 59.0 Å². The first-order valence-corrected chi connectivity index (χ1v) is 8.86. The lowest BCUT2D eigenvalue weighted by Crippen LogP contribution is -2.32. The monoisotopic (exact) mass is 377 g/mol. The highest BCUT2D eigenvalue weighted by molar-refractivity contribution is 6.30. The Morgan fingerprint density at radius 1 is 1.15 bits per heavy atom. The van der Waals surface area contributed by atoms with Gasteiger partial charge in [0.25, 0.3) is 0 Å². The third kappa shape index (κ3) is 6.67. The Balaban J connectivity index is 1.76. The third-order valence-corrected chi connectivity index (χ3v) is 3.95. The number of esters is 1. The number of hydrogen-bond acceptors (Lipinski definition) is 5. The quantitative estimate of drug-likeness (QED) is 0.679. The van der Waals surface area contributed by atoms with E-state index in [4.69, 9.17) is 21.1 Å². The van der Waals surface area contributed by atoms with Gasteiger partial charge >= 0.3 is 5.97 Å². The Kier molecular flexibility index (Phi) is 7.91. The molecule has 2 aromatic rings. The molecule has 0 aliphatic heterocycles. The third-order valence-electron chi connectivity index (χ3n) is 3.70. The maximum Gasteiger partial charge on any atom is 0.338 e. The van der Waals surface area contributed by atoms with Crippen molar-refractivity contribution in [2.45, 2.75) is 19.6 Å². The summed E-state index contributed by atoms with van der Waals surface area (Å²) in [6.07, 6.45) is -0.628. The molecule has 5 nitrogen and oxygen atoms in total. The van der Waals surface area contributed by atoms with Gasteiger partial charge in [-0.2, -0.15) is 0 Å². The predicted octanol–water partition coefficient (Wildman–Crippen LogP) is 3.39. The number of carbonyl (C=O) groups excluding carboxylic acids is 1. The summed E-state index contributed by atoms with van der Waals surface area (Å²) in [4.78, 5) is 13.6. The van der Waals surface area contributed by atoms with Crippen LogP contribution in [-0.2, 0) is 11.3 Å². The summed E-state index contributed by atoms with van der Waals surface area (Å²) in [7, 11) is 1.94. The van der Waals surface area contributed by atoms with Crippen LogP contribution in [0.1, 0.15) is 22.8 Å². The molecule has 140 valence electrons. The van der Waals surface area contributed by atoms with E-state index in [1.165, 1.54) is 0 Å². The van der Waals surface area contributed by atoms with Crippen LogP contribution in [0, 0.1) is 0 Å². The van der Waals surface area contributed by atoms with Crippen molar-refractivity contribution >= 4 is 17.6 Å². The van der Waals surface area contributed by atoms with Gasteiger partial charge in [0, 0.05) is 18.1 Å². The van der Waals surface area contributed by atoms with E-state index in [1.54, 1.807) is 31.2 Å². The number of aliphatic hydroxyl groups is 1. The molecule has 0 heterocycles. The van der Waals surface area contributed by atoms with Crippen molar-refractivity contribution in [1.82, 2.24) is 4.90 Å². The largest absolute Gasteiger partial charge is 0.491 e. The van der Waals surface area contributed by atoms with Gasteiger partial charge in [-0.25, -0.2) is 4.79 Å². The Bertz CT molecular complexity index is 688. The molecule has 0 amide bonds. The fourth-order valence-corrected chi connectivity index (χ4v) is 2.60. The van der Waals surface area contributed by atoms with E-state index in [0.717, 1.165) is 5.56 Å². The number of carbonyl (C=O) groups is 1. The number of hydrogen-bond donors (Lipinski definition) is 1. The van der Waals surface area contributed by atoms with Gasteiger partial charge in [-0.15, -0.1) is 0 Å². The fraction of sp³-hybridized carbons (Fsp3) is 0.350. The molecule has 0 aliphatic rings. The number of likely N-dealkylation sites (N-methyl/N-ethyl adjacent to an activating group) is 1. The average molecular weight is 378 g/mol. The van der Waals surface area contributed by atoms with E-state index in [1.807, 2.05) is 36.2 Å². The molecule has 26 heavy (non-hydrogen) atoms. The first-order valence-electron chi connectivity index (χ1n) is 8.49. The molecular weight excluding hydrogens is 354 g/mol. The summed E-state index contributed by atoms with van der Waals surface area (Å²) >= 11 is 5.88. The van der Waals surface area contributed by atoms with E-state index >= 15 is 0 Å². The van der Waals surface area contributed by atoms with Gasteiger partial charge in [-0.1, -0.05) is 23.7 Å². The normalized spacial score (nSPS) is 12.0. The first-order chi connectivity index (χ1) is 12.5. The lowest BCUT2D eigenvalue weighted by atomic mass is 10.2. The lowest BCUT2D eigenvalue weighted by Gasteiger charge is -2.21. The fourth-order valence-electron chi connectivity index (χ4n) is 2.47. The smallest absolute Gasteiger partial charge is 0.338 e. The first kappa shape index (κ1) is 20.2. The minimum absolute atomic E-state index is 0.170. The number of aliphatic hydroxyl groups excluding tert-OH is 1. The van der Waals surface area contributed by atoms with E-state index in [2.05, 4.69) is 0 Å². The Hall–Kier alpha value is -2.08. The summed E-state index contributed by atoms with van der Waals surface area (Å²) in [6.45, 7) is 3.46. The van der Waals surface area contributed by atoms with Gasteiger partial charge in [0.1, 0.15) is 18.5 Å². The molecule has 0 saturated carbocycles. The van der Waals surface area contributed by atoms with Crippen LogP contribution in [0.3, 0.4) is 0 Å². The maximum absolute atomic E-state index is 11.6. The number of benzene rings is 2. The molecule has 1 N–H and O–H groups in total. The van der Waals surface area contributed by atoms with Crippen molar-refractivity contribution < 1.29 is 19.4 Å². The molecule has 0 bridgehead atoms. The van der Waals surface area contributed by atoms with E-state index in [9.17, 15) is 9.90 Å². The van der Waals surface area contributed by atoms with Crippen molar-refractivity contribution in [3.05, 3.63) is 64.7 Å². The Morgan fingerprint density at radius 3 is 2.42 bits per heavy atom. The zero-order valence-electron chi connectivity index (χ0n) is 15.0. The highest BCUT2D eigenvalue weighted by Gasteiger charge is 2.11. The van der Waals surface area contributed by atoms with E-state index in [-0.39, 0.29) is 12.6 Å². The van der Waals surface area contributed by atoms with Crippen LogP contribution >= 0.6 is 11.6 Å². The van der Waals surface area contributed by atoms with Gasteiger partial charge in [0.05, 0.1) is 12.2 Å². The molecule has 1 unspecified atom stereocenters. The van der Waals surface area contributed by atoms with Crippen LogP contribution in [0.25, 0.3) is 0 Å². The minimum atomic E-state index is -0.628. The van der Waals surface area contributed by atoms with Crippen LogP contribution in [0.5, 0.6) is 5.75 Å². The zero-order chi connectivity index (χ0) is 18.9. The van der Waals surface area contributed by atoms with Crippen molar-refractivity contribution in [3.8, 4) is 5.75 Å². The van der Waals surface area contributed by atoms with Crippen LogP contribution < -0.4 is 4.74 Å². The Labute approximate surface area is 159 Å². The van der Waals surface area contributed by atoms with Crippen molar-refractivity contribution in [2.24, 2.45) is 0 Å². The van der Waals surface area contributed by atoms with Gasteiger partial charge in [-0.05, 0) is 55.9 Å². The standard InChI is InChI=1S/C20H24ClNO4/c1-3-25-20(24)16-6-10-19(11-7-16)26-14-18(23)13-22(2)12-15-4-8-17(21)9-5-15/h4-11,18,23H,3,12-14H2,1-2H3. The summed E-state index contributed by atoms with van der Waals surface area (Å²) in [5.41, 5.74) is 1.60. The second kappa shape index (κ2) is 10.2. The summed E-state index contributed by atoms with van der Waals surface area (Å²) in [6, 6.07) is 14.3. The predicted molar refractivity (Wildman–Crippen MR) is 102 cm³/mol. The van der Waals surface area contributed by atoms with Crippen molar-refractivity contribution in [1.29, 1.82) is 0 Å². The molecular formula is C20H24ClNO4. The average Bonchev–Trinajstić information content (AvgIpc) is 2.62. The van der Waals surface area contributed by atoms with Crippen LogP contribution in [0.2, 0.25) is 5.02 Å². The van der Waals surface area contributed by atoms with Crippen molar-refractivity contribution in [3.63, 3.8) is 0 Å². The number of rotatable bonds is 9. The number of ether oxygens (including phenoxy) is 2. The molecule has 1 atom stereocenters. The molecule has 2 rings (SSSR count). The molecule has 0 radical (unpaired) electrons. The van der Waals surface area contributed by atoms with Crippen LogP contribution in [0.4, 0.5) is 0 Å². The number of halogens is 1. The van der Waals surface area contributed by atoms with E-state index < -0.39 is 6.10 Å². The molecule has 0 aliphatic carbocycles. The highest BCUT2D eigenvalue weighted by Crippen LogP contribution is 2.14. The molecule has 2 aromatic carbocycles. The van der Waals surface area contributed by atoms with Gasteiger partial charge < -0.3 is 14.6 Å². The SMILES string of the molecule is CCOC(=O)c1ccc(OCC(O)CN(C)Cc2ccc(Cl)cc2)cc1. The minimum Gasteiger partial charge on any atom is -0.491 e. The second-order valence-corrected chi connectivity index (χ2v) is 6.47. The van der Waals surface area contributed by atoms with Crippen LogP contribution in [0.15, 0.2) is 48.5 Å². The molecule has 0 aromatic heterocycles. The van der Waals surface area contributed by atoms with Gasteiger partial charge in [-0.3, -0.25) is 4.90 Å². The number of nitrogens with zero attached hydrogens (tertiary/aromatic N) is 1. The van der Waals surface area contributed by atoms with E-state index in [0.29, 0.717) is 36.0 Å². The van der Waals surface area contributed by atoms with Crippen molar-refractivity contribution in [2.75, 3.05) is 26.8 Å². The maximum atomic E-state index is 11.6. The molecule has 0 fully saturated rings. The zero-order valence-corrected chi connectivity index (χ0v) is 15.8. The second-order valence-electron chi connectivity index (χ2n) is 6.03.